The molecule has 0 bridgehead atoms. The highest BCUT2D eigenvalue weighted by molar-refractivity contribution is 6.24. The van der Waals surface area contributed by atoms with Gasteiger partial charge in [0.2, 0.25) is 5.91 Å². The summed E-state index contributed by atoms with van der Waals surface area (Å²) in [6.45, 7) is 10.3. The van der Waals surface area contributed by atoms with Gasteiger partial charge in [-0.3, -0.25) is 4.79 Å². The average molecular weight is 249 g/mol. The Morgan fingerprint density at radius 2 is 1.94 bits per heavy atom. The molecule has 1 atom stereocenters. The zero-order valence-electron chi connectivity index (χ0n) is 10.7. The Balaban J connectivity index is 0. The molecule has 0 heterocycles. The highest BCUT2D eigenvalue weighted by Crippen LogP contribution is 2.34. The smallest absolute Gasteiger partial charge is 0.243 e. The zero-order chi connectivity index (χ0) is 11.9. The Kier molecular flexibility index (Phi) is 9.58. The first-order valence-corrected chi connectivity index (χ1v) is 6.01. The van der Waals surface area contributed by atoms with Gasteiger partial charge in [-0.2, -0.15) is 0 Å². The third kappa shape index (κ3) is 4.99. The molecule has 0 aliphatic rings. The van der Waals surface area contributed by atoms with E-state index in [0.29, 0.717) is 12.5 Å². The molecule has 0 rings (SSSR count). The molecule has 0 aromatic rings. The van der Waals surface area contributed by atoms with Crippen LogP contribution in [0.5, 0.6) is 0 Å². The second-order valence-corrected chi connectivity index (χ2v) is 4.55. The molecule has 1 unspecified atom stereocenters. The van der Waals surface area contributed by atoms with Crippen LogP contribution in [0.15, 0.2) is 12.7 Å². The van der Waals surface area contributed by atoms with Crippen molar-refractivity contribution in [2.75, 3.05) is 6.54 Å². The fourth-order valence-corrected chi connectivity index (χ4v) is 2.05. The molecule has 16 heavy (non-hydrogen) atoms. The van der Waals surface area contributed by atoms with Gasteiger partial charge in [-0.1, -0.05) is 27.4 Å². The quantitative estimate of drug-likeness (QED) is 0.537. The fourth-order valence-electron chi connectivity index (χ4n) is 1.82. The Morgan fingerprint density at radius 1 is 1.44 bits per heavy atom. The minimum absolute atomic E-state index is 0. The molecule has 0 spiro atoms. The van der Waals surface area contributed by atoms with Crippen LogP contribution < -0.4 is 11.5 Å². The van der Waals surface area contributed by atoms with E-state index >= 15 is 0 Å². The lowest BCUT2D eigenvalue weighted by molar-refractivity contribution is -0.116. The number of amides is 1. The van der Waals surface area contributed by atoms with Crippen molar-refractivity contribution in [2.45, 2.75) is 44.9 Å². The normalized spacial score (nSPS) is 12.5. The van der Waals surface area contributed by atoms with Crippen molar-refractivity contribution in [2.24, 2.45) is 5.92 Å². The van der Waals surface area contributed by atoms with E-state index in [0.717, 1.165) is 19.3 Å². The molecule has 1 amide bonds. The van der Waals surface area contributed by atoms with Gasteiger partial charge in [0.1, 0.15) is 0 Å². The van der Waals surface area contributed by atoms with Crippen LogP contribution in [0.3, 0.4) is 0 Å². The molecule has 0 aromatic carbocycles. The number of rotatable bonds is 7. The van der Waals surface area contributed by atoms with Gasteiger partial charge in [-0.05, 0) is 31.3 Å². The number of nitrogens with one attached hydrogen (secondary N) is 1. The minimum Gasteiger partial charge on any atom is -0.352 e. The van der Waals surface area contributed by atoms with Crippen LogP contribution in [0.4, 0.5) is 0 Å². The Bertz CT molecular complexity index is 215. The first kappa shape index (κ1) is 17.8. The summed E-state index contributed by atoms with van der Waals surface area (Å²) < 4.78 is 0. The fraction of sp³-hybridized carbons (Fsp3) is 0.750. The first-order chi connectivity index (χ1) is 7.03. The van der Waals surface area contributed by atoms with E-state index in [2.05, 4.69) is 32.7 Å². The summed E-state index contributed by atoms with van der Waals surface area (Å²) in [6.07, 6.45) is 4.12. The number of halogens is 1. The van der Waals surface area contributed by atoms with Crippen LogP contribution in [0, 0.1) is 5.92 Å². The van der Waals surface area contributed by atoms with Crippen molar-refractivity contribution >= 4 is 17.5 Å². The highest BCUT2D eigenvalue weighted by Gasteiger charge is 2.32. The van der Waals surface area contributed by atoms with Crippen LogP contribution in [0.1, 0.15) is 40.0 Å². The van der Waals surface area contributed by atoms with Gasteiger partial charge >= 0.3 is 0 Å². The number of hydrogen-bond acceptors (Lipinski definition) is 2. The summed E-state index contributed by atoms with van der Waals surface area (Å²) in [6, 6.07) is 0. The van der Waals surface area contributed by atoms with Crippen molar-refractivity contribution in [3.05, 3.63) is 12.7 Å². The lowest BCUT2D eigenvalue weighted by atomic mass is 9.85. The van der Waals surface area contributed by atoms with Crippen molar-refractivity contribution < 1.29 is 4.79 Å². The predicted molar refractivity (Wildman–Crippen MR) is 71.2 cm³/mol. The SMILES string of the molecule is C=CC(=O)NCC(CC)C(Cl)(CC)CC.N. The molecule has 4 heteroatoms. The number of hydrogen-bond donors (Lipinski definition) is 2. The van der Waals surface area contributed by atoms with Gasteiger partial charge in [0.15, 0.2) is 0 Å². The van der Waals surface area contributed by atoms with Crippen LogP contribution >= 0.6 is 11.6 Å². The maximum Gasteiger partial charge on any atom is 0.243 e. The summed E-state index contributed by atoms with van der Waals surface area (Å²) in [5, 5.41) is 2.82. The Morgan fingerprint density at radius 3 is 2.25 bits per heavy atom. The molecule has 0 saturated heterocycles. The van der Waals surface area contributed by atoms with Gasteiger partial charge in [0.25, 0.3) is 0 Å². The molecule has 0 aliphatic heterocycles. The van der Waals surface area contributed by atoms with E-state index in [1.165, 1.54) is 6.08 Å². The standard InChI is InChI=1S/C12H22ClNO.H3N/c1-5-10(9-14-11(15)6-2)12(13,7-3)8-4;/h6,10H,2,5,7-9H2,1,3-4H3,(H,14,15);1H3. The van der Waals surface area contributed by atoms with Gasteiger partial charge in [-0.25, -0.2) is 0 Å². The topological polar surface area (TPSA) is 64.1 Å². The van der Waals surface area contributed by atoms with Crippen LogP contribution in [-0.2, 0) is 4.79 Å². The Hall–Kier alpha value is -0.540. The van der Waals surface area contributed by atoms with Gasteiger partial charge in [-0.15, -0.1) is 11.6 Å². The molecular formula is C12H25ClN2O. The van der Waals surface area contributed by atoms with Gasteiger partial charge in [0, 0.05) is 11.4 Å². The van der Waals surface area contributed by atoms with E-state index in [9.17, 15) is 4.79 Å². The molecule has 0 aromatic heterocycles. The summed E-state index contributed by atoms with van der Waals surface area (Å²) in [5.74, 6) is 0.192. The van der Waals surface area contributed by atoms with E-state index in [4.69, 9.17) is 11.6 Å². The molecule has 3 nitrogen and oxygen atoms in total. The summed E-state index contributed by atoms with van der Waals surface area (Å²) in [7, 11) is 0. The minimum atomic E-state index is -0.191. The van der Waals surface area contributed by atoms with E-state index in [1.807, 2.05) is 0 Å². The third-order valence-corrected chi connectivity index (χ3v) is 3.95. The summed E-state index contributed by atoms with van der Waals surface area (Å²) >= 11 is 6.52. The van der Waals surface area contributed by atoms with Crippen LogP contribution in [0.25, 0.3) is 0 Å². The van der Waals surface area contributed by atoms with E-state index in [1.54, 1.807) is 0 Å². The van der Waals surface area contributed by atoms with Crippen molar-refractivity contribution in [1.82, 2.24) is 11.5 Å². The molecule has 0 aliphatic carbocycles. The maximum absolute atomic E-state index is 11.1. The zero-order valence-corrected chi connectivity index (χ0v) is 11.4. The largest absolute Gasteiger partial charge is 0.352 e. The molecule has 0 saturated carbocycles. The number of carbonyl (C=O) groups excluding carboxylic acids is 1. The molecule has 96 valence electrons. The predicted octanol–water partition coefficient (Wildman–Crippen LogP) is 3.27. The van der Waals surface area contributed by atoms with Crippen molar-refractivity contribution in [3.8, 4) is 0 Å². The second kappa shape index (κ2) is 8.59. The average Bonchev–Trinajstić information content (AvgIpc) is 2.28. The summed E-state index contributed by atoms with van der Waals surface area (Å²) in [4.78, 5) is 10.9. The Labute approximate surface area is 104 Å². The number of carbonyl (C=O) groups is 1. The second-order valence-electron chi connectivity index (χ2n) is 3.80. The lowest BCUT2D eigenvalue weighted by Crippen LogP contribution is -2.39. The molecular weight excluding hydrogens is 224 g/mol. The number of alkyl halides is 1. The lowest BCUT2D eigenvalue weighted by Gasteiger charge is -2.33. The van der Waals surface area contributed by atoms with E-state index in [-0.39, 0.29) is 16.9 Å². The van der Waals surface area contributed by atoms with E-state index < -0.39 is 0 Å². The molecule has 0 fully saturated rings. The van der Waals surface area contributed by atoms with Crippen LogP contribution in [-0.4, -0.2) is 17.3 Å². The van der Waals surface area contributed by atoms with Crippen molar-refractivity contribution in [3.63, 3.8) is 0 Å². The van der Waals surface area contributed by atoms with Gasteiger partial charge in [0.05, 0.1) is 0 Å². The van der Waals surface area contributed by atoms with Gasteiger partial charge < -0.3 is 11.5 Å². The van der Waals surface area contributed by atoms with Crippen molar-refractivity contribution in [1.29, 1.82) is 0 Å². The highest BCUT2D eigenvalue weighted by atomic mass is 35.5. The van der Waals surface area contributed by atoms with Crippen LogP contribution in [0.2, 0.25) is 0 Å². The first-order valence-electron chi connectivity index (χ1n) is 5.63. The monoisotopic (exact) mass is 248 g/mol. The third-order valence-electron chi connectivity index (χ3n) is 3.11. The molecule has 0 radical (unpaired) electrons. The maximum atomic E-state index is 11.1. The molecule has 4 N–H and O–H groups in total. The summed E-state index contributed by atoms with van der Waals surface area (Å²) in [5.41, 5.74) is 0.